The summed E-state index contributed by atoms with van der Waals surface area (Å²) in [6.07, 6.45) is 1.69. The fourth-order valence-electron chi connectivity index (χ4n) is 3.25. The fraction of sp³-hybridized carbons (Fsp3) is 0.304. The van der Waals surface area contributed by atoms with Gasteiger partial charge >= 0.3 is 5.97 Å². The van der Waals surface area contributed by atoms with E-state index in [2.05, 4.69) is 20.2 Å². The van der Waals surface area contributed by atoms with E-state index in [0.29, 0.717) is 29.5 Å². The molecule has 9 heteroatoms. The molecule has 4 rings (SSSR count). The number of aromatic nitrogens is 2. The number of morpholine rings is 1. The standard InChI is InChI=1S/C23H24N4O4S/c1-16-4-2-3-5-19(16)26-21(28)12-22-25-18(15-32-22)14-31-23(29)17-6-7-20(24-13-17)27-8-10-30-11-9-27/h2-7,13,15H,8-12,14H2,1H3,(H,26,28). The number of aryl methyl sites for hydroxylation is 1. The molecular formula is C23H24N4O4S. The number of hydrogen-bond acceptors (Lipinski definition) is 8. The summed E-state index contributed by atoms with van der Waals surface area (Å²) in [5.74, 6) is 0.222. The molecule has 1 aliphatic rings. The third-order valence-corrected chi connectivity index (χ3v) is 5.90. The molecule has 3 aromatic rings. The molecule has 1 saturated heterocycles. The van der Waals surface area contributed by atoms with Gasteiger partial charge in [0, 0.05) is 30.4 Å². The lowest BCUT2D eigenvalue weighted by atomic mass is 10.2. The second-order valence-electron chi connectivity index (χ2n) is 7.35. The Bertz CT molecular complexity index is 1080. The van der Waals surface area contributed by atoms with Crippen LogP contribution in [0.4, 0.5) is 11.5 Å². The lowest BCUT2D eigenvalue weighted by Gasteiger charge is -2.27. The Kier molecular flexibility index (Phi) is 7.08. The van der Waals surface area contributed by atoms with E-state index >= 15 is 0 Å². The van der Waals surface area contributed by atoms with Gasteiger partial charge in [-0.05, 0) is 30.7 Å². The van der Waals surface area contributed by atoms with Crippen LogP contribution in [0.15, 0.2) is 48.0 Å². The molecule has 1 amide bonds. The first-order valence-electron chi connectivity index (χ1n) is 10.3. The largest absolute Gasteiger partial charge is 0.456 e. The predicted octanol–water partition coefficient (Wildman–Crippen LogP) is 3.22. The Morgan fingerprint density at radius 3 is 2.75 bits per heavy atom. The SMILES string of the molecule is Cc1ccccc1NC(=O)Cc1nc(COC(=O)c2ccc(N3CCOCC3)nc2)cs1. The van der Waals surface area contributed by atoms with Crippen molar-refractivity contribution in [1.29, 1.82) is 0 Å². The highest BCUT2D eigenvalue weighted by Crippen LogP contribution is 2.17. The molecule has 0 unspecified atom stereocenters. The number of nitrogens with one attached hydrogen (secondary N) is 1. The maximum Gasteiger partial charge on any atom is 0.340 e. The van der Waals surface area contributed by atoms with Gasteiger partial charge in [-0.15, -0.1) is 11.3 Å². The molecule has 1 aromatic carbocycles. The maximum atomic E-state index is 12.3. The number of amides is 1. The van der Waals surface area contributed by atoms with Crippen LogP contribution in [0.2, 0.25) is 0 Å². The van der Waals surface area contributed by atoms with E-state index in [1.807, 2.05) is 37.3 Å². The van der Waals surface area contributed by atoms with Crippen molar-refractivity contribution in [3.8, 4) is 0 Å². The fourth-order valence-corrected chi connectivity index (χ4v) is 4.03. The normalized spacial score (nSPS) is 13.6. The van der Waals surface area contributed by atoms with E-state index in [0.717, 1.165) is 30.2 Å². The molecule has 166 valence electrons. The summed E-state index contributed by atoms with van der Waals surface area (Å²) in [5, 5.41) is 5.35. The van der Waals surface area contributed by atoms with Gasteiger partial charge in [-0.1, -0.05) is 18.2 Å². The van der Waals surface area contributed by atoms with E-state index in [1.54, 1.807) is 11.4 Å². The van der Waals surface area contributed by atoms with Crippen LogP contribution in [-0.4, -0.2) is 48.1 Å². The zero-order valence-electron chi connectivity index (χ0n) is 17.7. The first-order valence-corrected chi connectivity index (χ1v) is 11.2. The summed E-state index contributed by atoms with van der Waals surface area (Å²) in [7, 11) is 0. The van der Waals surface area contributed by atoms with E-state index < -0.39 is 5.97 Å². The van der Waals surface area contributed by atoms with Crippen LogP contribution >= 0.6 is 11.3 Å². The van der Waals surface area contributed by atoms with E-state index in [4.69, 9.17) is 9.47 Å². The minimum absolute atomic E-state index is 0.0416. The van der Waals surface area contributed by atoms with Gasteiger partial charge < -0.3 is 19.7 Å². The zero-order chi connectivity index (χ0) is 22.3. The number of pyridine rings is 1. The molecule has 3 heterocycles. The van der Waals surface area contributed by atoms with E-state index in [1.165, 1.54) is 17.5 Å². The van der Waals surface area contributed by atoms with Gasteiger partial charge in [0.05, 0.1) is 30.9 Å². The summed E-state index contributed by atoms with van der Waals surface area (Å²) >= 11 is 1.37. The Hall–Kier alpha value is -3.30. The molecule has 2 aromatic heterocycles. The van der Waals surface area contributed by atoms with E-state index in [9.17, 15) is 9.59 Å². The van der Waals surface area contributed by atoms with Gasteiger partial charge in [0.15, 0.2) is 0 Å². The highest BCUT2D eigenvalue weighted by molar-refractivity contribution is 7.09. The number of hydrogen-bond donors (Lipinski definition) is 1. The number of ether oxygens (including phenoxy) is 2. The number of para-hydroxylation sites is 1. The molecule has 0 bridgehead atoms. The molecular weight excluding hydrogens is 428 g/mol. The predicted molar refractivity (Wildman–Crippen MR) is 122 cm³/mol. The quantitative estimate of drug-likeness (QED) is 0.550. The average molecular weight is 453 g/mol. The first kappa shape index (κ1) is 21.9. The van der Waals surface area contributed by atoms with Crippen molar-refractivity contribution in [2.75, 3.05) is 36.5 Å². The maximum absolute atomic E-state index is 12.3. The minimum atomic E-state index is -0.460. The van der Waals surface area contributed by atoms with Gasteiger partial charge in [0.1, 0.15) is 17.4 Å². The van der Waals surface area contributed by atoms with Gasteiger partial charge in [-0.25, -0.2) is 14.8 Å². The number of anilines is 2. The molecule has 0 saturated carbocycles. The molecule has 0 spiro atoms. The summed E-state index contributed by atoms with van der Waals surface area (Å²) in [6, 6.07) is 11.1. The molecule has 1 N–H and O–H groups in total. The second kappa shape index (κ2) is 10.3. The van der Waals surface area contributed by atoms with Crippen molar-refractivity contribution in [3.63, 3.8) is 0 Å². The molecule has 8 nitrogen and oxygen atoms in total. The monoisotopic (exact) mass is 452 g/mol. The second-order valence-corrected chi connectivity index (χ2v) is 8.30. The van der Waals surface area contributed by atoms with Crippen LogP contribution in [0.25, 0.3) is 0 Å². The third-order valence-electron chi connectivity index (χ3n) is 5.00. The van der Waals surface area contributed by atoms with Gasteiger partial charge in [-0.2, -0.15) is 0 Å². The average Bonchev–Trinajstić information content (AvgIpc) is 3.27. The number of carbonyl (C=O) groups is 2. The minimum Gasteiger partial charge on any atom is -0.456 e. The molecule has 1 fully saturated rings. The number of benzene rings is 1. The van der Waals surface area contributed by atoms with Crippen LogP contribution in [0, 0.1) is 6.92 Å². The summed E-state index contributed by atoms with van der Waals surface area (Å²) in [4.78, 5) is 35.5. The van der Waals surface area contributed by atoms with Crippen molar-refractivity contribution in [1.82, 2.24) is 9.97 Å². The van der Waals surface area contributed by atoms with Crippen molar-refractivity contribution in [3.05, 3.63) is 69.8 Å². The summed E-state index contributed by atoms with van der Waals surface area (Å²) < 4.78 is 10.7. The Balaban J connectivity index is 1.26. The first-order chi connectivity index (χ1) is 15.6. The lowest BCUT2D eigenvalue weighted by molar-refractivity contribution is -0.115. The Morgan fingerprint density at radius 1 is 1.19 bits per heavy atom. The lowest BCUT2D eigenvalue weighted by Crippen LogP contribution is -2.36. The number of carbonyl (C=O) groups excluding carboxylic acids is 2. The van der Waals surface area contributed by atoms with Crippen LogP contribution < -0.4 is 10.2 Å². The van der Waals surface area contributed by atoms with Crippen molar-refractivity contribution in [2.45, 2.75) is 20.0 Å². The molecule has 0 radical (unpaired) electrons. The highest BCUT2D eigenvalue weighted by Gasteiger charge is 2.15. The van der Waals surface area contributed by atoms with Crippen LogP contribution in [0.1, 0.15) is 26.6 Å². The van der Waals surface area contributed by atoms with Crippen LogP contribution in [0.3, 0.4) is 0 Å². The zero-order valence-corrected chi connectivity index (χ0v) is 18.6. The highest BCUT2D eigenvalue weighted by atomic mass is 32.1. The molecule has 32 heavy (non-hydrogen) atoms. The smallest absolute Gasteiger partial charge is 0.340 e. The Morgan fingerprint density at radius 2 is 2.00 bits per heavy atom. The number of nitrogens with zero attached hydrogens (tertiary/aromatic N) is 3. The molecule has 0 atom stereocenters. The number of rotatable bonds is 7. The van der Waals surface area contributed by atoms with Gasteiger partial charge in [0.25, 0.3) is 0 Å². The topological polar surface area (TPSA) is 93.6 Å². The number of esters is 1. The van der Waals surface area contributed by atoms with Crippen molar-refractivity contribution in [2.24, 2.45) is 0 Å². The van der Waals surface area contributed by atoms with Crippen molar-refractivity contribution < 1.29 is 19.1 Å². The summed E-state index contributed by atoms with van der Waals surface area (Å²) in [6.45, 7) is 4.90. The molecule has 0 aliphatic carbocycles. The van der Waals surface area contributed by atoms with Crippen LogP contribution in [-0.2, 0) is 27.3 Å². The van der Waals surface area contributed by atoms with Crippen molar-refractivity contribution >= 4 is 34.7 Å². The number of thiazole rings is 1. The van der Waals surface area contributed by atoms with Gasteiger partial charge in [0.2, 0.25) is 5.91 Å². The third kappa shape index (κ3) is 5.68. The van der Waals surface area contributed by atoms with E-state index in [-0.39, 0.29) is 18.9 Å². The van der Waals surface area contributed by atoms with Gasteiger partial charge in [-0.3, -0.25) is 4.79 Å². The summed E-state index contributed by atoms with van der Waals surface area (Å²) in [5.41, 5.74) is 2.78. The molecule has 1 aliphatic heterocycles. The Labute approximate surface area is 190 Å². The van der Waals surface area contributed by atoms with Crippen LogP contribution in [0.5, 0.6) is 0 Å².